The maximum Gasteiger partial charge on any atom is 0.0723 e. The lowest BCUT2D eigenvalue weighted by Gasteiger charge is -2.20. The molecule has 1 saturated carbocycles. The fraction of sp³-hybridized carbons (Fsp3) is 0.852. The zero-order valence-corrected chi connectivity index (χ0v) is 20.2. The van der Waals surface area contributed by atoms with Crippen LogP contribution < -0.4 is 0 Å². The minimum atomic E-state index is -0.372. The Bertz CT molecular complexity index is 525. The smallest absolute Gasteiger partial charge is 0.0723 e. The Hall–Kier alpha value is -0.640. The van der Waals surface area contributed by atoms with E-state index in [-0.39, 0.29) is 18.1 Å². The summed E-state index contributed by atoms with van der Waals surface area (Å²) < 4.78 is 0. The van der Waals surface area contributed by atoms with Crippen LogP contribution in [0.5, 0.6) is 0 Å². The van der Waals surface area contributed by atoms with E-state index in [1.54, 1.807) is 5.57 Å². The van der Waals surface area contributed by atoms with Crippen molar-refractivity contribution in [1.82, 2.24) is 4.90 Å². The number of nitrogens with zero attached hydrogens (tertiary/aromatic N) is 1. The van der Waals surface area contributed by atoms with Crippen molar-refractivity contribution in [2.24, 2.45) is 23.7 Å². The van der Waals surface area contributed by atoms with E-state index in [1.807, 2.05) is 6.08 Å². The molecule has 0 aromatic carbocycles. The molecule has 0 radical (unpaired) electrons. The van der Waals surface area contributed by atoms with E-state index < -0.39 is 0 Å². The molecule has 2 rings (SSSR count). The summed E-state index contributed by atoms with van der Waals surface area (Å²) in [6.45, 7) is 12.5. The van der Waals surface area contributed by atoms with Crippen molar-refractivity contribution in [1.29, 1.82) is 0 Å². The number of allylic oxidation sites excluding steroid dienone is 2. The Morgan fingerprint density at radius 3 is 2.60 bits per heavy atom. The van der Waals surface area contributed by atoms with Gasteiger partial charge in [-0.25, -0.2) is 0 Å². The third kappa shape index (κ3) is 8.13. The first-order valence-electron chi connectivity index (χ1n) is 12.9. The fourth-order valence-electron chi connectivity index (χ4n) is 5.61. The first-order valence-corrected chi connectivity index (χ1v) is 12.9. The van der Waals surface area contributed by atoms with E-state index in [4.69, 9.17) is 0 Å². The van der Waals surface area contributed by atoms with Gasteiger partial charge in [0.15, 0.2) is 0 Å². The molecule has 0 spiro atoms. The van der Waals surface area contributed by atoms with E-state index in [0.717, 1.165) is 32.4 Å². The van der Waals surface area contributed by atoms with Crippen molar-refractivity contribution < 1.29 is 10.2 Å². The van der Waals surface area contributed by atoms with Crippen LogP contribution in [0.15, 0.2) is 23.8 Å². The number of hydrogen-bond acceptors (Lipinski definition) is 3. The highest BCUT2D eigenvalue weighted by molar-refractivity contribution is 5.21. The highest BCUT2D eigenvalue weighted by atomic mass is 16.3. The zero-order chi connectivity index (χ0) is 21.9. The Morgan fingerprint density at radius 2 is 1.90 bits per heavy atom. The van der Waals surface area contributed by atoms with Crippen molar-refractivity contribution in [3.63, 3.8) is 0 Å². The highest BCUT2D eigenvalue weighted by Gasteiger charge is 2.43. The minimum absolute atomic E-state index is 0.215. The Kier molecular flexibility index (Phi) is 11.7. The maximum atomic E-state index is 10.6. The van der Waals surface area contributed by atoms with Gasteiger partial charge in [0, 0.05) is 5.92 Å². The van der Waals surface area contributed by atoms with Gasteiger partial charge in [0.1, 0.15) is 0 Å². The van der Waals surface area contributed by atoms with Crippen LogP contribution in [0.2, 0.25) is 0 Å². The van der Waals surface area contributed by atoms with Gasteiger partial charge >= 0.3 is 0 Å². The number of aliphatic hydroxyl groups excluding tert-OH is 2. The molecular weight excluding hydrogens is 370 g/mol. The lowest BCUT2D eigenvalue weighted by Crippen LogP contribution is -2.23. The second-order valence-corrected chi connectivity index (χ2v) is 10.0. The average Bonchev–Trinajstić information content (AvgIpc) is 3.23. The first-order chi connectivity index (χ1) is 14.5. The SMILES string of the molecule is CCCC[C@H](C)C[C@H](O)/C=C/[C@@H]1[C@H]2CC(CCCCCN(CC)CC)=C[C@H]2C[C@H]1O. The van der Waals surface area contributed by atoms with Gasteiger partial charge in [0.05, 0.1) is 12.2 Å². The molecule has 0 unspecified atom stereocenters. The fourth-order valence-corrected chi connectivity index (χ4v) is 5.61. The van der Waals surface area contributed by atoms with Crippen LogP contribution in [0.25, 0.3) is 0 Å². The quantitative estimate of drug-likeness (QED) is 0.254. The van der Waals surface area contributed by atoms with Crippen LogP contribution in [-0.4, -0.2) is 47.0 Å². The molecule has 30 heavy (non-hydrogen) atoms. The first kappa shape index (κ1) is 25.6. The molecule has 0 aliphatic heterocycles. The van der Waals surface area contributed by atoms with Gasteiger partial charge in [-0.1, -0.05) is 77.2 Å². The van der Waals surface area contributed by atoms with Gasteiger partial charge in [-0.05, 0) is 75.9 Å². The molecule has 6 atom stereocenters. The zero-order valence-electron chi connectivity index (χ0n) is 20.2. The van der Waals surface area contributed by atoms with Gasteiger partial charge in [0.2, 0.25) is 0 Å². The molecule has 1 fully saturated rings. The highest BCUT2D eigenvalue weighted by Crippen LogP contribution is 2.48. The second-order valence-electron chi connectivity index (χ2n) is 10.0. The van der Waals surface area contributed by atoms with Crippen LogP contribution >= 0.6 is 0 Å². The molecule has 0 saturated heterocycles. The number of unbranched alkanes of at least 4 members (excludes halogenated alkanes) is 3. The molecule has 2 aliphatic rings. The topological polar surface area (TPSA) is 43.7 Å². The largest absolute Gasteiger partial charge is 0.392 e. The molecule has 0 heterocycles. The number of fused-ring (bicyclic) bond motifs is 1. The summed E-state index contributed by atoms with van der Waals surface area (Å²) in [5.41, 5.74) is 1.62. The lowest BCUT2D eigenvalue weighted by molar-refractivity contribution is 0.139. The van der Waals surface area contributed by atoms with Crippen molar-refractivity contribution in [2.45, 2.75) is 104 Å². The Labute approximate surface area is 186 Å². The van der Waals surface area contributed by atoms with Crippen molar-refractivity contribution in [2.75, 3.05) is 19.6 Å². The van der Waals surface area contributed by atoms with E-state index >= 15 is 0 Å². The van der Waals surface area contributed by atoms with Crippen LogP contribution in [-0.2, 0) is 0 Å². The van der Waals surface area contributed by atoms with Crippen LogP contribution in [0.1, 0.15) is 91.9 Å². The van der Waals surface area contributed by atoms with Gasteiger partial charge < -0.3 is 15.1 Å². The van der Waals surface area contributed by atoms with Crippen LogP contribution in [0.4, 0.5) is 0 Å². The lowest BCUT2D eigenvalue weighted by atomic mass is 9.88. The molecule has 3 heteroatoms. The maximum absolute atomic E-state index is 10.6. The molecule has 0 aromatic rings. The molecular formula is C27H49NO2. The summed E-state index contributed by atoms with van der Waals surface area (Å²) in [7, 11) is 0. The van der Waals surface area contributed by atoms with Gasteiger partial charge in [-0.3, -0.25) is 0 Å². The summed E-state index contributed by atoms with van der Waals surface area (Å²) in [4.78, 5) is 2.51. The standard InChI is InChI=1S/C27H49NO2/c1-5-8-12-21(4)17-24(29)14-15-25-26-19-22(18-23(26)20-27(25)30)13-10-9-11-16-28(6-2)7-3/h14-15,18,21,23-27,29-30H,5-13,16-17,19-20H2,1-4H3/b15-14+/t21-,23-,24+,25+,26-,27+/m0/s1. The van der Waals surface area contributed by atoms with Crippen LogP contribution in [0, 0.1) is 23.7 Å². The minimum Gasteiger partial charge on any atom is -0.392 e. The normalized spacial score (nSPS) is 28.3. The molecule has 2 N–H and O–H groups in total. The summed E-state index contributed by atoms with van der Waals surface area (Å²) in [6, 6.07) is 0. The predicted octanol–water partition coefficient (Wildman–Crippen LogP) is 5.97. The molecule has 0 bridgehead atoms. The second kappa shape index (κ2) is 13.7. The van der Waals surface area contributed by atoms with Gasteiger partial charge in [-0.2, -0.15) is 0 Å². The Morgan fingerprint density at radius 1 is 1.13 bits per heavy atom. The third-order valence-corrected chi connectivity index (χ3v) is 7.57. The molecule has 3 nitrogen and oxygen atoms in total. The van der Waals surface area contributed by atoms with Gasteiger partial charge in [-0.15, -0.1) is 0 Å². The van der Waals surface area contributed by atoms with E-state index in [1.165, 1.54) is 51.5 Å². The van der Waals surface area contributed by atoms with Crippen molar-refractivity contribution in [3.8, 4) is 0 Å². The molecule has 174 valence electrons. The summed E-state index contributed by atoms with van der Waals surface area (Å²) in [5.74, 6) is 1.87. The summed E-state index contributed by atoms with van der Waals surface area (Å²) in [6.07, 6.45) is 17.7. The Balaban J connectivity index is 1.72. The molecule has 2 aliphatic carbocycles. The average molecular weight is 420 g/mol. The van der Waals surface area contributed by atoms with E-state index in [0.29, 0.717) is 17.8 Å². The van der Waals surface area contributed by atoms with Gasteiger partial charge in [0.25, 0.3) is 0 Å². The van der Waals surface area contributed by atoms with Crippen LogP contribution in [0.3, 0.4) is 0 Å². The van der Waals surface area contributed by atoms with E-state index in [9.17, 15) is 10.2 Å². The summed E-state index contributed by atoms with van der Waals surface area (Å²) >= 11 is 0. The molecule has 0 aromatic heterocycles. The number of rotatable bonds is 15. The molecule has 0 amide bonds. The number of aliphatic hydroxyl groups is 2. The predicted molar refractivity (Wildman–Crippen MR) is 129 cm³/mol. The summed E-state index contributed by atoms with van der Waals surface area (Å²) in [5, 5.41) is 21.0. The van der Waals surface area contributed by atoms with Crippen molar-refractivity contribution >= 4 is 0 Å². The monoisotopic (exact) mass is 419 g/mol. The third-order valence-electron chi connectivity index (χ3n) is 7.57. The number of hydrogen-bond donors (Lipinski definition) is 2. The van der Waals surface area contributed by atoms with E-state index in [2.05, 4.69) is 44.7 Å². The van der Waals surface area contributed by atoms with Crippen molar-refractivity contribution in [3.05, 3.63) is 23.8 Å².